The number of hydrogen-bond donors (Lipinski definition) is 0. The molecule has 2 aromatic heterocycles. The van der Waals surface area contributed by atoms with Crippen LogP contribution in [0.5, 0.6) is 11.5 Å². The van der Waals surface area contributed by atoms with Crippen LogP contribution in [0.3, 0.4) is 0 Å². The molecule has 0 atom stereocenters. The van der Waals surface area contributed by atoms with E-state index < -0.39 is 0 Å². The van der Waals surface area contributed by atoms with Crippen LogP contribution in [0.4, 0.5) is 0 Å². The maximum atomic E-state index is 12.5. The number of aryl methyl sites for hydroxylation is 1. The first-order valence-corrected chi connectivity index (χ1v) is 10.0. The molecule has 0 spiro atoms. The van der Waals surface area contributed by atoms with E-state index in [1.54, 1.807) is 7.05 Å². The minimum Gasteiger partial charge on any atom is -0.486 e. The van der Waals surface area contributed by atoms with Crippen molar-refractivity contribution in [3.8, 4) is 11.5 Å². The molecule has 1 aliphatic rings. The van der Waals surface area contributed by atoms with Gasteiger partial charge < -0.3 is 9.47 Å². The zero-order valence-electron chi connectivity index (χ0n) is 14.9. The van der Waals surface area contributed by atoms with Gasteiger partial charge in [-0.15, -0.1) is 10.2 Å². The first kappa shape index (κ1) is 17.4. The number of fused-ring (bicyclic) bond motifs is 4. The van der Waals surface area contributed by atoms with Crippen LogP contribution in [-0.4, -0.2) is 32.4 Å². The summed E-state index contributed by atoms with van der Waals surface area (Å²) in [5.41, 5.74) is 1.68. The average Bonchev–Trinajstić information content (AvgIpc) is 3.15. The summed E-state index contributed by atoms with van der Waals surface area (Å²) in [6, 6.07) is 11.3. The molecule has 0 saturated carbocycles. The lowest BCUT2D eigenvalue weighted by Gasteiger charge is -2.20. The third-order valence-electron chi connectivity index (χ3n) is 4.62. The van der Waals surface area contributed by atoms with Crippen LogP contribution in [0.15, 0.2) is 46.3 Å². The maximum absolute atomic E-state index is 12.5. The van der Waals surface area contributed by atoms with E-state index in [0.29, 0.717) is 51.8 Å². The number of aromatic nitrogens is 4. The molecule has 142 valence electrons. The van der Waals surface area contributed by atoms with Crippen molar-refractivity contribution >= 4 is 40.0 Å². The number of thioether (sulfide) groups is 1. The van der Waals surface area contributed by atoms with Gasteiger partial charge in [-0.05, 0) is 29.8 Å². The van der Waals surface area contributed by atoms with E-state index in [1.165, 1.54) is 16.3 Å². The normalized spacial score (nSPS) is 13.4. The largest absolute Gasteiger partial charge is 0.486 e. The Morgan fingerprint density at radius 1 is 1.18 bits per heavy atom. The topological polar surface area (TPSA) is 70.7 Å². The molecule has 0 aliphatic carbocycles. The highest BCUT2D eigenvalue weighted by atomic mass is 35.5. The van der Waals surface area contributed by atoms with Crippen molar-refractivity contribution in [2.45, 2.75) is 10.9 Å². The zero-order valence-corrected chi connectivity index (χ0v) is 16.5. The minimum atomic E-state index is -0.0920. The summed E-state index contributed by atoms with van der Waals surface area (Å²) in [6.45, 7) is 1.01. The Hall–Kier alpha value is -2.71. The van der Waals surface area contributed by atoms with Gasteiger partial charge in [0.2, 0.25) is 5.78 Å². The predicted molar refractivity (Wildman–Crippen MR) is 108 cm³/mol. The predicted octanol–water partition coefficient (Wildman–Crippen LogP) is 3.30. The molecule has 0 saturated heterocycles. The van der Waals surface area contributed by atoms with Gasteiger partial charge in [0, 0.05) is 12.8 Å². The van der Waals surface area contributed by atoms with Gasteiger partial charge in [0.05, 0.1) is 15.9 Å². The molecule has 28 heavy (non-hydrogen) atoms. The Kier molecular flexibility index (Phi) is 4.17. The lowest BCUT2D eigenvalue weighted by atomic mass is 10.2. The fourth-order valence-corrected chi connectivity index (χ4v) is 4.46. The van der Waals surface area contributed by atoms with E-state index in [-0.39, 0.29) is 5.56 Å². The van der Waals surface area contributed by atoms with Gasteiger partial charge in [0.25, 0.3) is 5.56 Å². The molecule has 7 nitrogen and oxygen atoms in total. The SMILES string of the molecule is Cn1c(=O)c2ccccc2n2c(SCc3cc(Cl)c4c(c3)OCCO4)nnc12. The van der Waals surface area contributed by atoms with Crippen molar-refractivity contribution in [3.05, 3.63) is 57.3 Å². The molecule has 9 heteroatoms. The molecule has 4 aromatic rings. The van der Waals surface area contributed by atoms with Crippen molar-refractivity contribution in [1.82, 2.24) is 19.2 Å². The van der Waals surface area contributed by atoms with Crippen LogP contribution in [0.2, 0.25) is 5.02 Å². The lowest BCUT2D eigenvalue weighted by Crippen LogP contribution is -2.20. The van der Waals surface area contributed by atoms with Gasteiger partial charge in [-0.1, -0.05) is 35.5 Å². The number of nitrogens with zero attached hydrogens (tertiary/aromatic N) is 4. The van der Waals surface area contributed by atoms with E-state index in [1.807, 2.05) is 40.8 Å². The molecule has 0 amide bonds. The second kappa shape index (κ2) is 6.72. The van der Waals surface area contributed by atoms with E-state index in [0.717, 1.165) is 11.1 Å². The minimum absolute atomic E-state index is 0.0920. The Labute approximate surface area is 168 Å². The molecule has 0 bridgehead atoms. The zero-order chi connectivity index (χ0) is 19.3. The average molecular weight is 415 g/mol. The fraction of sp³-hybridized carbons (Fsp3) is 0.211. The van der Waals surface area contributed by atoms with E-state index in [2.05, 4.69) is 10.2 Å². The van der Waals surface area contributed by atoms with Gasteiger partial charge in [-0.25, -0.2) is 0 Å². The summed E-state index contributed by atoms with van der Waals surface area (Å²) >= 11 is 7.85. The Morgan fingerprint density at radius 2 is 2.00 bits per heavy atom. The van der Waals surface area contributed by atoms with Crippen LogP contribution < -0.4 is 15.0 Å². The molecule has 0 radical (unpaired) electrons. The highest BCUT2D eigenvalue weighted by Gasteiger charge is 2.18. The monoisotopic (exact) mass is 414 g/mol. The summed E-state index contributed by atoms with van der Waals surface area (Å²) in [4.78, 5) is 12.5. The standard InChI is InChI=1S/C19H15ClN4O3S/c1-23-17(25)12-4-2-3-5-14(12)24-18(23)21-22-19(24)28-10-11-8-13(20)16-15(9-11)26-6-7-27-16/h2-5,8-9H,6-7,10H2,1H3. The third kappa shape index (κ3) is 2.71. The number of ether oxygens (including phenoxy) is 2. The quantitative estimate of drug-likeness (QED) is 0.479. The fourth-order valence-electron chi connectivity index (χ4n) is 3.30. The van der Waals surface area contributed by atoms with Crippen LogP contribution in [0.25, 0.3) is 16.7 Å². The van der Waals surface area contributed by atoms with E-state index in [9.17, 15) is 4.79 Å². The van der Waals surface area contributed by atoms with E-state index >= 15 is 0 Å². The van der Waals surface area contributed by atoms with E-state index in [4.69, 9.17) is 21.1 Å². The van der Waals surface area contributed by atoms with Crippen LogP contribution in [-0.2, 0) is 12.8 Å². The Balaban J connectivity index is 1.55. The van der Waals surface area contributed by atoms with Gasteiger partial charge in [-0.3, -0.25) is 13.8 Å². The van der Waals surface area contributed by atoms with Crippen LogP contribution in [0, 0.1) is 0 Å². The molecular weight excluding hydrogens is 400 g/mol. The number of benzene rings is 2. The van der Waals surface area contributed by atoms with Gasteiger partial charge in [0.1, 0.15) is 13.2 Å². The summed E-state index contributed by atoms with van der Waals surface area (Å²) in [6.07, 6.45) is 0. The summed E-state index contributed by atoms with van der Waals surface area (Å²) in [5.74, 6) is 2.38. The van der Waals surface area contributed by atoms with Crippen LogP contribution in [0.1, 0.15) is 5.56 Å². The van der Waals surface area contributed by atoms with Gasteiger partial charge >= 0.3 is 0 Å². The molecule has 0 fully saturated rings. The van der Waals surface area contributed by atoms with Crippen molar-refractivity contribution in [2.75, 3.05) is 13.2 Å². The number of para-hydroxylation sites is 1. The molecule has 2 aromatic carbocycles. The lowest BCUT2D eigenvalue weighted by molar-refractivity contribution is 0.171. The molecule has 0 N–H and O–H groups in total. The molecule has 0 unspecified atom stereocenters. The number of hydrogen-bond acceptors (Lipinski definition) is 6. The molecule has 3 heterocycles. The molecule has 1 aliphatic heterocycles. The second-order valence-corrected chi connectivity index (χ2v) is 7.74. The second-order valence-electron chi connectivity index (χ2n) is 6.39. The highest BCUT2D eigenvalue weighted by Crippen LogP contribution is 2.39. The summed E-state index contributed by atoms with van der Waals surface area (Å²) < 4.78 is 14.6. The van der Waals surface area contributed by atoms with Gasteiger partial charge in [0.15, 0.2) is 16.7 Å². The smallest absolute Gasteiger partial charge is 0.262 e. The Bertz CT molecular complexity index is 1280. The third-order valence-corrected chi connectivity index (χ3v) is 5.90. The Morgan fingerprint density at radius 3 is 2.89 bits per heavy atom. The van der Waals surface area contributed by atoms with Crippen molar-refractivity contribution < 1.29 is 9.47 Å². The first-order chi connectivity index (χ1) is 13.6. The summed E-state index contributed by atoms with van der Waals surface area (Å²) in [5, 5.41) is 10.4. The molecular formula is C19H15ClN4O3S. The highest BCUT2D eigenvalue weighted by molar-refractivity contribution is 7.98. The van der Waals surface area contributed by atoms with Crippen molar-refractivity contribution in [2.24, 2.45) is 7.05 Å². The number of halogens is 1. The van der Waals surface area contributed by atoms with Crippen molar-refractivity contribution in [3.63, 3.8) is 0 Å². The first-order valence-electron chi connectivity index (χ1n) is 8.67. The van der Waals surface area contributed by atoms with Crippen molar-refractivity contribution in [1.29, 1.82) is 0 Å². The van der Waals surface area contributed by atoms with Crippen LogP contribution >= 0.6 is 23.4 Å². The van der Waals surface area contributed by atoms with Gasteiger partial charge in [-0.2, -0.15) is 0 Å². The maximum Gasteiger partial charge on any atom is 0.262 e. The molecule has 5 rings (SSSR count). The summed E-state index contributed by atoms with van der Waals surface area (Å²) in [7, 11) is 1.70. The number of rotatable bonds is 3.